The lowest BCUT2D eigenvalue weighted by Gasteiger charge is -2.53. The van der Waals surface area contributed by atoms with Crippen LogP contribution in [0.25, 0.3) is 0 Å². The van der Waals surface area contributed by atoms with Gasteiger partial charge in [0.25, 0.3) is 5.92 Å². The van der Waals surface area contributed by atoms with Crippen LogP contribution < -0.4 is 0 Å². The van der Waals surface area contributed by atoms with E-state index in [4.69, 9.17) is 9.47 Å². The van der Waals surface area contributed by atoms with Crippen molar-refractivity contribution in [1.82, 2.24) is 0 Å². The van der Waals surface area contributed by atoms with Gasteiger partial charge in [0.15, 0.2) is 5.41 Å². The van der Waals surface area contributed by atoms with Crippen LogP contribution in [0, 0.1) is 5.41 Å². The fourth-order valence-electron chi connectivity index (χ4n) is 6.36. The number of allylic oxidation sites excluding steroid dienone is 4. The molecule has 0 atom stereocenters. The zero-order chi connectivity index (χ0) is 23.9. The lowest BCUT2D eigenvalue weighted by atomic mass is 9.64. The zero-order valence-electron chi connectivity index (χ0n) is 20.4. The van der Waals surface area contributed by atoms with E-state index >= 15 is 8.78 Å². The second-order valence-electron chi connectivity index (χ2n) is 9.81. The first-order valence-electron chi connectivity index (χ1n) is 11.4. The molecule has 2 rings (SSSR count). The molecule has 7 heteroatoms. The average Bonchev–Trinajstić information content (AvgIpc) is 2.66. The minimum atomic E-state index is -3.02. The largest absolute Gasteiger partial charge is 0.465 e. The average molecular weight is 457 g/mol. The number of carbonyl (C=O) groups is 2. The highest BCUT2D eigenvalue weighted by molar-refractivity contribution is 6.90. The minimum absolute atomic E-state index is 0.0346. The maximum atomic E-state index is 15.3. The van der Waals surface area contributed by atoms with Crippen molar-refractivity contribution in [3.63, 3.8) is 0 Å². The van der Waals surface area contributed by atoms with Gasteiger partial charge in [-0.3, -0.25) is 9.59 Å². The maximum absolute atomic E-state index is 15.3. The van der Waals surface area contributed by atoms with Crippen LogP contribution in [0.5, 0.6) is 0 Å². The predicted molar refractivity (Wildman–Crippen MR) is 121 cm³/mol. The van der Waals surface area contributed by atoms with E-state index in [0.717, 1.165) is 0 Å². The van der Waals surface area contributed by atoms with E-state index in [0.29, 0.717) is 10.8 Å². The Morgan fingerprint density at radius 3 is 1.68 bits per heavy atom. The van der Waals surface area contributed by atoms with Gasteiger partial charge >= 0.3 is 11.9 Å². The monoisotopic (exact) mass is 456 g/mol. The second kappa shape index (κ2) is 8.79. The molecule has 0 fully saturated rings. The fraction of sp³-hybridized carbons (Fsp3) is 0.750. The first kappa shape index (κ1) is 25.8. The van der Waals surface area contributed by atoms with Crippen molar-refractivity contribution in [3.05, 3.63) is 21.9 Å². The third-order valence-corrected chi connectivity index (χ3v) is 14.7. The summed E-state index contributed by atoms with van der Waals surface area (Å²) in [6, 6.07) is 0. The number of esters is 2. The van der Waals surface area contributed by atoms with Gasteiger partial charge in [0.1, 0.15) is 0 Å². The summed E-state index contributed by atoms with van der Waals surface area (Å²) < 4.78 is 41.2. The van der Waals surface area contributed by atoms with Crippen molar-refractivity contribution in [3.8, 4) is 0 Å². The van der Waals surface area contributed by atoms with E-state index in [1.165, 1.54) is 6.92 Å². The number of hydrogen-bond donors (Lipinski definition) is 0. The normalized spacial score (nSPS) is 20.2. The maximum Gasteiger partial charge on any atom is 0.324 e. The summed E-state index contributed by atoms with van der Waals surface area (Å²) in [5, 5.41) is 0.658. The van der Waals surface area contributed by atoms with Crippen molar-refractivity contribution < 1.29 is 27.8 Å². The van der Waals surface area contributed by atoms with Gasteiger partial charge in [-0.15, -0.1) is 0 Å². The molecule has 0 N–H and O–H groups in total. The Balaban J connectivity index is 2.90. The Morgan fingerprint density at radius 2 is 1.32 bits per heavy atom. The molecule has 0 aromatic carbocycles. The number of rotatable bonds is 8. The van der Waals surface area contributed by atoms with Gasteiger partial charge < -0.3 is 9.47 Å². The SMILES string of the molecule is CCOC(=O)C1(C(=O)OCC)CC2=C(C)C(F)(F)C2=C([Si](C(C)C)(C(C)C)C(C)C)C1. The Labute approximate surface area is 186 Å². The lowest BCUT2D eigenvalue weighted by molar-refractivity contribution is -0.172. The van der Waals surface area contributed by atoms with Gasteiger partial charge in [-0.25, -0.2) is 0 Å². The van der Waals surface area contributed by atoms with Gasteiger partial charge in [0.05, 0.1) is 21.3 Å². The van der Waals surface area contributed by atoms with Crippen LogP contribution in [0.2, 0.25) is 16.6 Å². The van der Waals surface area contributed by atoms with Crippen LogP contribution in [0.1, 0.15) is 75.2 Å². The van der Waals surface area contributed by atoms with Crippen molar-refractivity contribution in [2.45, 2.75) is 97.7 Å². The number of fused-ring (bicyclic) bond motifs is 1. The van der Waals surface area contributed by atoms with E-state index in [1.54, 1.807) is 13.8 Å². The molecule has 0 saturated carbocycles. The molecule has 176 valence electrons. The quantitative estimate of drug-likeness (QED) is 0.242. The molecule has 0 saturated heterocycles. The second-order valence-corrected chi connectivity index (χ2v) is 15.7. The van der Waals surface area contributed by atoms with Crippen molar-refractivity contribution in [2.24, 2.45) is 5.41 Å². The van der Waals surface area contributed by atoms with Crippen molar-refractivity contribution in [2.75, 3.05) is 13.2 Å². The molecule has 0 bridgehead atoms. The molecule has 0 aliphatic heterocycles. The molecule has 4 nitrogen and oxygen atoms in total. The zero-order valence-corrected chi connectivity index (χ0v) is 21.4. The molecule has 0 heterocycles. The summed E-state index contributed by atoms with van der Waals surface area (Å²) in [5.41, 5.74) is -0.621. The number of ether oxygens (including phenoxy) is 2. The molecule has 0 radical (unpaired) electrons. The predicted octanol–water partition coefficient (Wildman–Crippen LogP) is 6.37. The number of hydrogen-bond acceptors (Lipinski definition) is 4. The van der Waals surface area contributed by atoms with Gasteiger partial charge in [-0.1, -0.05) is 46.7 Å². The summed E-state index contributed by atoms with van der Waals surface area (Å²) in [7, 11) is -2.58. The van der Waals surface area contributed by atoms with E-state index in [9.17, 15) is 9.59 Å². The van der Waals surface area contributed by atoms with E-state index in [2.05, 4.69) is 41.5 Å². The van der Waals surface area contributed by atoms with E-state index in [1.807, 2.05) is 0 Å². The van der Waals surface area contributed by atoms with Gasteiger partial charge in [0, 0.05) is 17.6 Å². The Bertz CT molecular complexity index is 769. The first-order valence-corrected chi connectivity index (χ1v) is 13.7. The molecular weight excluding hydrogens is 418 g/mol. The highest BCUT2D eigenvalue weighted by Crippen LogP contribution is 2.63. The first-order chi connectivity index (χ1) is 14.3. The Morgan fingerprint density at radius 1 is 0.903 bits per heavy atom. The van der Waals surface area contributed by atoms with Crippen LogP contribution in [0.3, 0.4) is 0 Å². The summed E-state index contributed by atoms with van der Waals surface area (Å²) in [5.74, 6) is -4.35. The van der Waals surface area contributed by atoms with Crippen molar-refractivity contribution >= 4 is 20.0 Å². The number of alkyl halides is 2. The Kier molecular flexibility index (Phi) is 7.31. The van der Waals surface area contributed by atoms with Crippen LogP contribution >= 0.6 is 0 Å². The van der Waals surface area contributed by atoms with Crippen LogP contribution in [-0.4, -0.2) is 39.1 Å². The van der Waals surface area contributed by atoms with Crippen LogP contribution in [0.15, 0.2) is 21.9 Å². The van der Waals surface area contributed by atoms with Gasteiger partial charge in [-0.05, 0) is 49.4 Å². The van der Waals surface area contributed by atoms with Gasteiger partial charge in [-0.2, -0.15) is 8.78 Å². The van der Waals surface area contributed by atoms with E-state index in [-0.39, 0.29) is 53.8 Å². The molecule has 31 heavy (non-hydrogen) atoms. The molecular formula is C24H38F2O4Si. The summed E-state index contributed by atoms with van der Waals surface area (Å²) in [6.07, 6.45) is -0.114. The molecule has 0 amide bonds. The number of carbonyl (C=O) groups excluding carboxylic acids is 2. The fourth-order valence-corrected chi connectivity index (χ4v) is 13.8. The minimum Gasteiger partial charge on any atom is -0.465 e. The lowest BCUT2D eigenvalue weighted by Crippen LogP contribution is -2.57. The molecule has 0 spiro atoms. The van der Waals surface area contributed by atoms with E-state index < -0.39 is 31.4 Å². The highest BCUT2D eigenvalue weighted by atomic mass is 28.3. The standard InChI is InChI=1S/C24H38F2O4Si/c1-10-29-21(27)23(22(28)30-11-2)12-18-17(9)24(25,26)20(18)19(13-23)31(14(3)4,15(5)6)16(7)8/h14-16H,10-13H2,1-9H3. The molecule has 0 unspecified atom stereocenters. The molecule has 0 aromatic rings. The topological polar surface area (TPSA) is 52.6 Å². The third kappa shape index (κ3) is 3.61. The third-order valence-electron chi connectivity index (χ3n) is 7.52. The Hall–Kier alpha value is -1.50. The van der Waals surface area contributed by atoms with Crippen molar-refractivity contribution in [1.29, 1.82) is 0 Å². The number of halogens is 2. The summed E-state index contributed by atoms with van der Waals surface area (Å²) >= 11 is 0. The van der Waals surface area contributed by atoms with Crippen LogP contribution in [-0.2, 0) is 19.1 Å². The summed E-state index contributed by atoms with van der Waals surface area (Å²) in [6.45, 7) is 17.6. The van der Waals surface area contributed by atoms with Gasteiger partial charge in [0.2, 0.25) is 0 Å². The molecule has 2 aliphatic rings. The smallest absolute Gasteiger partial charge is 0.324 e. The molecule has 2 aliphatic carbocycles. The highest BCUT2D eigenvalue weighted by Gasteiger charge is 2.64. The van der Waals surface area contributed by atoms with Crippen LogP contribution in [0.4, 0.5) is 8.78 Å². The molecule has 0 aromatic heterocycles. The summed E-state index contributed by atoms with van der Waals surface area (Å²) in [4.78, 5) is 26.4.